The molecule has 1 saturated carbocycles. The Bertz CT molecular complexity index is 888. The van der Waals surface area contributed by atoms with Crippen molar-refractivity contribution in [2.45, 2.75) is 95.4 Å². The summed E-state index contributed by atoms with van der Waals surface area (Å²) >= 11 is 0. The summed E-state index contributed by atoms with van der Waals surface area (Å²) in [4.78, 5) is 32.9. The van der Waals surface area contributed by atoms with Crippen molar-refractivity contribution >= 4 is 17.9 Å². The molecule has 1 aromatic heterocycles. The molecule has 1 aromatic rings. The molecule has 0 spiro atoms. The van der Waals surface area contributed by atoms with E-state index in [1.54, 1.807) is 0 Å². The van der Waals surface area contributed by atoms with Crippen LogP contribution in [0.1, 0.15) is 93.5 Å². The molecule has 1 saturated heterocycles. The fourth-order valence-electron chi connectivity index (χ4n) is 6.54. The molecule has 7 nitrogen and oxygen atoms in total. The summed E-state index contributed by atoms with van der Waals surface area (Å²) in [5.74, 6) is 1.32. The van der Waals surface area contributed by atoms with E-state index >= 15 is 0 Å². The van der Waals surface area contributed by atoms with Gasteiger partial charge in [-0.3, -0.25) is 24.6 Å². The summed E-state index contributed by atoms with van der Waals surface area (Å²) in [5.41, 5.74) is 3.68. The van der Waals surface area contributed by atoms with Crippen LogP contribution < -0.4 is 5.32 Å². The van der Waals surface area contributed by atoms with Crippen molar-refractivity contribution in [2.24, 2.45) is 16.8 Å². The van der Waals surface area contributed by atoms with E-state index in [-0.39, 0.29) is 23.8 Å². The van der Waals surface area contributed by atoms with Gasteiger partial charge in [-0.2, -0.15) is 5.10 Å². The first-order chi connectivity index (χ1) is 16.7. The lowest BCUT2D eigenvalue weighted by atomic mass is 9.82. The number of H-pyrrole nitrogens is 1. The molecule has 4 aliphatic rings. The summed E-state index contributed by atoms with van der Waals surface area (Å²) in [7, 11) is 0. The van der Waals surface area contributed by atoms with Crippen LogP contribution in [0.15, 0.2) is 4.99 Å². The number of ketones is 1. The van der Waals surface area contributed by atoms with Gasteiger partial charge >= 0.3 is 0 Å². The third-order valence-corrected chi connectivity index (χ3v) is 8.60. The topological polar surface area (TPSA) is 90.5 Å². The molecule has 2 N–H and O–H groups in total. The number of carbonyl (C=O) groups excluding carboxylic acids is 2. The van der Waals surface area contributed by atoms with E-state index in [2.05, 4.69) is 25.4 Å². The van der Waals surface area contributed by atoms with Crippen LogP contribution in [0.3, 0.4) is 0 Å². The number of aromatic nitrogens is 2. The fraction of sp³-hybridized carbons (Fsp3) is 0.778. The largest absolute Gasteiger partial charge is 0.352 e. The Morgan fingerprint density at radius 1 is 1.03 bits per heavy atom. The highest BCUT2D eigenvalue weighted by Gasteiger charge is 2.32. The van der Waals surface area contributed by atoms with Crippen LogP contribution in [-0.2, 0) is 22.4 Å². The maximum Gasteiger partial charge on any atom is 0.223 e. The fourth-order valence-corrected chi connectivity index (χ4v) is 6.54. The summed E-state index contributed by atoms with van der Waals surface area (Å²) in [6.45, 7) is 3.21. The molecule has 3 unspecified atom stereocenters. The van der Waals surface area contributed by atoms with E-state index in [0.717, 1.165) is 83.8 Å². The number of fused-ring (bicyclic) bond motifs is 1. The lowest BCUT2D eigenvalue weighted by Crippen LogP contribution is -2.47. The number of nitrogens with zero attached hydrogens (tertiary/aromatic N) is 3. The van der Waals surface area contributed by atoms with E-state index in [9.17, 15) is 9.59 Å². The number of aliphatic imine (C=N–C) groups is 1. The van der Waals surface area contributed by atoms with Crippen molar-refractivity contribution < 1.29 is 9.59 Å². The number of nitrogens with one attached hydrogen (secondary N) is 2. The molecule has 2 aliphatic heterocycles. The standard InChI is InChI=1S/C27H41N5O2/c33-25(19-6-2-1-3-7-19)18-32-15-5-4-8-22(17-32)29-27(34)21-9-10-24-23(16-21)26(31-30-24)20-11-13-28-14-12-20/h13,19-22H,1-12,14-18H2,(H,29,34)(H,30,31). The number of likely N-dealkylation sites (tertiary alicyclic amines) is 1. The SMILES string of the molecule is O=C(CN1CCCCC(NC(=O)C2CCc3[nH]nc(C4CC=NCC4)c3C2)C1)C1CCCCC1. The van der Waals surface area contributed by atoms with Crippen molar-refractivity contribution in [3.05, 3.63) is 17.0 Å². The predicted octanol–water partition coefficient (Wildman–Crippen LogP) is 3.58. The van der Waals surface area contributed by atoms with E-state index in [1.165, 1.54) is 36.2 Å². The van der Waals surface area contributed by atoms with Crippen LogP contribution in [0, 0.1) is 11.8 Å². The van der Waals surface area contributed by atoms with E-state index < -0.39 is 0 Å². The number of carbonyl (C=O) groups is 2. The third-order valence-electron chi connectivity index (χ3n) is 8.60. The maximum atomic E-state index is 13.3. The highest BCUT2D eigenvalue weighted by atomic mass is 16.2. The van der Waals surface area contributed by atoms with Gasteiger partial charge in [0.15, 0.2) is 0 Å². The van der Waals surface area contributed by atoms with Crippen LogP contribution >= 0.6 is 0 Å². The average molecular weight is 468 g/mol. The Labute approximate surface area is 203 Å². The first-order valence-corrected chi connectivity index (χ1v) is 13.8. The smallest absolute Gasteiger partial charge is 0.223 e. The molecule has 2 aliphatic carbocycles. The number of aromatic amines is 1. The molecule has 3 heterocycles. The molecular formula is C27H41N5O2. The molecule has 2 fully saturated rings. The number of hydrogen-bond acceptors (Lipinski definition) is 5. The van der Waals surface area contributed by atoms with Gasteiger partial charge in [0.05, 0.1) is 12.2 Å². The van der Waals surface area contributed by atoms with Gasteiger partial charge in [0, 0.05) is 42.6 Å². The van der Waals surface area contributed by atoms with E-state index in [1.807, 2.05) is 6.21 Å². The van der Waals surface area contributed by atoms with Gasteiger partial charge < -0.3 is 5.32 Å². The van der Waals surface area contributed by atoms with Gasteiger partial charge in [0.1, 0.15) is 5.78 Å². The molecule has 5 rings (SSSR count). The number of Topliss-reactive ketones (excluding diaryl/α,β-unsaturated/α-hetero) is 1. The van der Waals surface area contributed by atoms with Crippen molar-refractivity contribution in [2.75, 3.05) is 26.2 Å². The van der Waals surface area contributed by atoms with Gasteiger partial charge in [-0.05, 0) is 76.1 Å². The molecule has 0 aromatic carbocycles. The number of amides is 1. The molecule has 0 radical (unpaired) electrons. The highest BCUT2D eigenvalue weighted by molar-refractivity contribution is 5.83. The summed E-state index contributed by atoms with van der Waals surface area (Å²) in [6, 6.07) is 0.147. The van der Waals surface area contributed by atoms with Crippen molar-refractivity contribution in [3.63, 3.8) is 0 Å². The molecule has 3 atom stereocenters. The van der Waals surface area contributed by atoms with Crippen molar-refractivity contribution in [3.8, 4) is 0 Å². The molecule has 1 amide bonds. The van der Waals surface area contributed by atoms with Crippen LogP contribution in [0.25, 0.3) is 0 Å². The summed E-state index contributed by atoms with van der Waals surface area (Å²) < 4.78 is 0. The molecular weight excluding hydrogens is 426 g/mol. The minimum Gasteiger partial charge on any atom is -0.352 e. The minimum absolute atomic E-state index is 0.0154. The second-order valence-electron chi connectivity index (χ2n) is 11.1. The second-order valence-corrected chi connectivity index (χ2v) is 11.1. The van der Waals surface area contributed by atoms with Crippen LogP contribution in [0.2, 0.25) is 0 Å². The first kappa shape index (κ1) is 23.7. The van der Waals surface area contributed by atoms with Gasteiger partial charge in [0.25, 0.3) is 0 Å². The van der Waals surface area contributed by atoms with Crippen LogP contribution in [-0.4, -0.2) is 65.2 Å². The third kappa shape index (κ3) is 5.61. The van der Waals surface area contributed by atoms with Crippen LogP contribution in [0.4, 0.5) is 0 Å². The van der Waals surface area contributed by atoms with Crippen molar-refractivity contribution in [1.29, 1.82) is 0 Å². The van der Waals surface area contributed by atoms with Crippen LogP contribution in [0.5, 0.6) is 0 Å². The number of rotatable bonds is 6. The lowest BCUT2D eigenvalue weighted by molar-refractivity contribution is -0.126. The monoisotopic (exact) mass is 467 g/mol. The summed E-state index contributed by atoms with van der Waals surface area (Å²) in [5, 5.41) is 11.3. The van der Waals surface area contributed by atoms with Crippen molar-refractivity contribution in [1.82, 2.24) is 20.4 Å². The summed E-state index contributed by atoms with van der Waals surface area (Å²) in [6.07, 6.45) is 15.6. The normalized spacial score (nSPS) is 28.8. The quantitative estimate of drug-likeness (QED) is 0.669. The first-order valence-electron chi connectivity index (χ1n) is 13.8. The van der Waals surface area contributed by atoms with E-state index in [4.69, 9.17) is 0 Å². The van der Waals surface area contributed by atoms with Gasteiger partial charge in [-0.15, -0.1) is 0 Å². The Morgan fingerprint density at radius 3 is 2.71 bits per heavy atom. The Hall–Kier alpha value is -2.02. The average Bonchev–Trinajstić information content (AvgIpc) is 3.18. The predicted molar refractivity (Wildman–Crippen MR) is 133 cm³/mol. The maximum absolute atomic E-state index is 13.3. The van der Waals surface area contributed by atoms with Gasteiger partial charge in [-0.1, -0.05) is 25.7 Å². The molecule has 0 bridgehead atoms. The van der Waals surface area contributed by atoms with Gasteiger partial charge in [-0.25, -0.2) is 0 Å². The zero-order valence-corrected chi connectivity index (χ0v) is 20.6. The number of aryl methyl sites for hydroxylation is 1. The molecule has 186 valence electrons. The second kappa shape index (κ2) is 11.1. The zero-order valence-electron chi connectivity index (χ0n) is 20.6. The zero-order chi connectivity index (χ0) is 23.3. The Balaban J connectivity index is 1.17. The van der Waals surface area contributed by atoms with Gasteiger partial charge in [0.2, 0.25) is 5.91 Å². The highest BCUT2D eigenvalue weighted by Crippen LogP contribution is 2.34. The Kier molecular flexibility index (Phi) is 7.77. The molecule has 34 heavy (non-hydrogen) atoms. The number of hydrogen-bond donors (Lipinski definition) is 2. The Morgan fingerprint density at radius 2 is 1.88 bits per heavy atom. The lowest BCUT2D eigenvalue weighted by Gasteiger charge is -2.29. The molecule has 7 heteroatoms. The van der Waals surface area contributed by atoms with E-state index in [0.29, 0.717) is 18.2 Å². The minimum atomic E-state index is 0.0154.